The fourth-order valence-electron chi connectivity index (χ4n) is 3.12. The molecule has 0 spiro atoms. The van der Waals surface area contributed by atoms with Gasteiger partial charge in [-0.2, -0.15) is 0 Å². The molecule has 4 aromatic rings. The molecule has 0 saturated carbocycles. The van der Waals surface area contributed by atoms with Gasteiger partial charge in [-0.05, 0) is 36.4 Å². The molecule has 2 amide bonds. The van der Waals surface area contributed by atoms with E-state index in [1.54, 1.807) is 24.3 Å². The van der Waals surface area contributed by atoms with Gasteiger partial charge in [-0.15, -0.1) is 11.3 Å². The number of ether oxygens (including phenoxy) is 1. The van der Waals surface area contributed by atoms with Crippen LogP contribution >= 0.6 is 22.9 Å². The maximum atomic E-state index is 12.6. The summed E-state index contributed by atoms with van der Waals surface area (Å²) in [7, 11) is 0. The van der Waals surface area contributed by atoms with Gasteiger partial charge in [0.25, 0.3) is 0 Å². The van der Waals surface area contributed by atoms with Crippen molar-refractivity contribution in [2.45, 2.75) is 13.3 Å². The molecule has 4 rings (SSSR count). The third kappa shape index (κ3) is 5.46. The van der Waals surface area contributed by atoms with Crippen molar-refractivity contribution in [3.05, 3.63) is 70.8 Å². The first-order valence-corrected chi connectivity index (χ1v) is 11.2. The SMILES string of the molecule is CC(=O)NCCOc1ccc(NC(=O)Cc2csc3nc(-c4ccc(Cl)cc4)cn23)cc1. The first-order chi connectivity index (χ1) is 15.5. The number of benzene rings is 2. The Morgan fingerprint density at radius 2 is 1.88 bits per heavy atom. The lowest BCUT2D eigenvalue weighted by Crippen LogP contribution is -2.25. The number of carbonyl (C=O) groups excluding carboxylic acids is 2. The van der Waals surface area contributed by atoms with Gasteiger partial charge in [-0.25, -0.2) is 4.98 Å². The fraction of sp³-hybridized carbons (Fsp3) is 0.174. The van der Waals surface area contributed by atoms with Crippen LogP contribution in [0.15, 0.2) is 60.1 Å². The van der Waals surface area contributed by atoms with Crippen LogP contribution in [-0.2, 0) is 16.0 Å². The molecular formula is C23H21ClN4O3S. The molecular weight excluding hydrogens is 448 g/mol. The summed E-state index contributed by atoms with van der Waals surface area (Å²) in [5, 5.41) is 8.19. The number of imidazole rings is 1. The Labute approximate surface area is 194 Å². The molecule has 2 aromatic carbocycles. The van der Waals surface area contributed by atoms with Gasteiger partial charge in [0, 0.05) is 40.5 Å². The minimum Gasteiger partial charge on any atom is -0.492 e. The van der Waals surface area contributed by atoms with Crippen LogP contribution in [0.2, 0.25) is 5.02 Å². The highest BCUT2D eigenvalue weighted by Crippen LogP contribution is 2.25. The van der Waals surface area contributed by atoms with E-state index in [2.05, 4.69) is 15.6 Å². The van der Waals surface area contributed by atoms with E-state index in [1.807, 2.05) is 40.2 Å². The number of thiazole rings is 1. The van der Waals surface area contributed by atoms with E-state index in [0.29, 0.717) is 29.6 Å². The quantitative estimate of drug-likeness (QED) is 0.375. The van der Waals surface area contributed by atoms with Crippen molar-refractivity contribution in [2.75, 3.05) is 18.5 Å². The molecule has 0 aliphatic rings. The maximum absolute atomic E-state index is 12.6. The van der Waals surface area contributed by atoms with Crippen molar-refractivity contribution in [2.24, 2.45) is 0 Å². The van der Waals surface area contributed by atoms with Crippen LogP contribution in [-0.4, -0.2) is 34.4 Å². The lowest BCUT2D eigenvalue weighted by molar-refractivity contribution is -0.119. The summed E-state index contributed by atoms with van der Waals surface area (Å²) in [4.78, 5) is 28.9. The predicted molar refractivity (Wildman–Crippen MR) is 126 cm³/mol. The summed E-state index contributed by atoms with van der Waals surface area (Å²) < 4.78 is 7.50. The zero-order chi connectivity index (χ0) is 22.5. The van der Waals surface area contributed by atoms with Gasteiger partial charge in [0.1, 0.15) is 12.4 Å². The van der Waals surface area contributed by atoms with Gasteiger partial charge in [-0.1, -0.05) is 23.7 Å². The number of fused-ring (bicyclic) bond motifs is 1. The van der Waals surface area contributed by atoms with E-state index in [4.69, 9.17) is 16.3 Å². The zero-order valence-corrected chi connectivity index (χ0v) is 18.9. The monoisotopic (exact) mass is 468 g/mol. The molecule has 0 radical (unpaired) electrons. The number of aromatic nitrogens is 2. The average molecular weight is 469 g/mol. The molecule has 0 fully saturated rings. The Morgan fingerprint density at radius 3 is 2.59 bits per heavy atom. The number of halogens is 1. The number of rotatable bonds is 8. The van der Waals surface area contributed by atoms with Gasteiger partial charge >= 0.3 is 0 Å². The molecule has 2 heterocycles. The Balaban J connectivity index is 1.35. The maximum Gasteiger partial charge on any atom is 0.230 e. The Hall–Kier alpha value is -3.36. The second-order valence-electron chi connectivity index (χ2n) is 7.09. The third-order valence-electron chi connectivity index (χ3n) is 4.65. The lowest BCUT2D eigenvalue weighted by atomic mass is 10.2. The summed E-state index contributed by atoms with van der Waals surface area (Å²) in [5.74, 6) is 0.457. The molecule has 0 aliphatic carbocycles. The van der Waals surface area contributed by atoms with Crippen molar-refractivity contribution >= 4 is 45.4 Å². The van der Waals surface area contributed by atoms with E-state index in [1.165, 1.54) is 18.3 Å². The number of nitrogens with one attached hydrogen (secondary N) is 2. The highest BCUT2D eigenvalue weighted by molar-refractivity contribution is 7.15. The fourth-order valence-corrected chi connectivity index (χ4v) is 4.12. The first-order valence-electron chi connectivity index (χ1n) is 9.96. The molecule has 2 N–H and O–H groups in total. The van der Waals surface area contributed by atoms with Crippen molar-refractivity contribution in [3.8, 4) is 17.0 Å². The first kappa shape index (κ1) is 21.9. The number of hydrogen-bond acceptors (Lipinski definition) is 5. The van der Waals surface area contributed by atoms with E-state index < -0.39 is 0 Å². The molecule has 0 saturated heterocycles. The molecule has 9 heteroatoms. The average Bonchev–Trinajstić information content (AvgIpc) is 3.35. The largest absolute Gasteiger partial charge is 0.492 e. The molecule has 32 heavy (non-hydrogen) atoms. The number of carbonyl (C=O) groups is 2. The van der Waals surface area contributed by atoms with Crippen molar-refractivity contribution in [3.63, 3.8) is 0 Å². The van der Waals surface area contributed by atoms with Crippen LogP contribution < -0.4 is 15.4 Å². The standard InChI is InChI=1S/C23H21ClN4O3S/c1-15(29)25-10-11-31-20-8-6-18(7-9-20)26-22(30)12-19-14-32-23-27-21(13-28(19)23)16-2-4-17(24)5-3-16/h2-9,13-14H,10-12H2,1H3,(H,25,29)(H,26,30). The van der Waals surface area contributed by atoms with Crippen molar-refractivity contribution in [1.29, 1.82) is 0 Å². The second kappa shape index (κ2) is 9.84. The molecule has 164 valence electrons. The van der Waals surface area contributed by atoms with Gasteiger partial charge in [0.15, 0.2) is 4.96 Å². The summed E-state index contributed by atoms with van der Waals surface area (Å²) in [6, 6.07) is 14.6. The van der Waals surface area contributed by atoms with Crippen LogP contribution in [0.4, 0.5) is 5.69 Å². The topological polar surface area (TPSA) is 84.7 Å². The van der Waals surface area contributed by atoms with Gasteiger partial charge < -0.3 is 15.4 Å². The van der Waals surface area contributed by atoms with E-state index in [9.17, 15) is 9.59 Å². The summed E-state index contributed by atoms with van der Waals surface area (Å²) in [6.45, 7) is 2.28. The van der Waals surface area contributed by atoms with Crippen LogP contribution in [0.1, 0.15) is 12.6 Å². The molecule has 0 bridgehead atoms. The summed E-state index contributed by atoms with van der Waals surface area (Å²) in [6.07, 6.45) is 2.16. The molecule has 2 aromatic heterocycles. The minimum atomic E-state index is -0.120. The van der Waals surface area contributed by atoms with Crippen LogP contribution in [0.3, 0.4) is 0 Å². The normalized spacial score (nSPS) is 10.8. The molecule has 0 aliphatic heterocycles. The van der Waals surface area contributed by atoms with E-state index >= 15 is 0 Å². The van der Waals surface area contributed by atoms with Crippen molar-refractivity contribution in [1.82, 2.24) is 14.7 Å². The molecule has 0 atom stereocenters. The minimum absolute atomic E-state index is 0.0912. The number of hydrogen-bond donors (Lipinski definition) is 2. The van der Waals surface area contributed by atoms with E-state index in [0.717, 1.165) is 21.9 Å². The smallest absolute Gasteiger partial charge is 0.230 e. The molecule has 7 nitrogen and oxygen atoms in total. The third-order valence-corrected chi connectivity index (χ3v) is 5.79. The highest BCUT2D eigenvalue weighted by atomic mass is 35.5. The molecule has 0 unspecified atom stereocenters. The number of amides is 2. The van der Waals surface area contributed by atoms with Gasteiger partial charge in [-0.3, -0.25) is 14.0 Å². The van der Waals surface area contributed by atoms with Gasteiger partial charge in [0.05, 0.1) is 18.7 Å². The van der Waals surface area contributed by atoms with Crippen LogP contribution in [0.25, 0.3) is 16.2 Å². The Kier molecular flexibility index (Phi) is 6.72. The van der Waals surface area contributed by atoms with Crippen molar-refractivity contribution < 1.29 is 14.3 Å². The highest BCUT2D eigenvalue weighted by Gasteiger charge is 2.13. The second-order valence-corrected chi connectivity index (χ2v) is 8.37. The summed E-state index contributed by atoms with van der Waals surface area (Å²) in [5.41, 5.74) is 3.36. The zero-order valence-electron chi connectivity index (χ0n) is 17.3. The lowest BCUT2D eigenvalue weighted by Gasteiger charge is -2.08. The summed E-state index contributed by atoms with van der Waals surface area (Å²) >= 11 is 7.46. The predicted octanol–water partition coefficient (Wildman–Crippen LogP) is 4.41. The van der Waals surface area contributed by atoms with Crippen LogP contribution in [0.5, 0.6) is 5.75 Å². The Morgan fingerprint density at radius 1 is 1.12 bits per heavy atom. The van der Waals surface area contributed by atoms with E-state index in [-0.39, 0.29) is 18.2 Å². The van der Waals surface area contributed by atoms with Crippen LogP contribution in [0, 0.1) is 0 Å². The Bertz CT molecular complexity index is 1230. The van der Waals surface area contributed by atoms with Gasteiger partial charge in [0.2, 0.25) is 11.8 Å². The number of anilines is 1. The number of nitrogens with zero attached hydrogens (tertiary/aromatic N) is 2.